The first kappa shape index (κ1) is 16.6. The molecule has 2 N–H and O–H groups in total. The summed E-state index contributed by atoms with van der Waals surface area (Å²) in [6.45, 7) is -0.163. The molecule has 0 amide bonds. The molecule has 1 unspecified atom stereocenters. The Balaban J connectivity index is 2.85. The number of sulfonamides is 1. The SMILES string of the molecule is COCC(O)CNS(=O)(=O)c1cccc(C(=O)OC)c1. The molecule has 1 aromatic carbocycles. The summed E-state index contributed by atoms with van der Waals surface area (Å²) in [6.07, 6.45) is -0.946. The second-order valence-electron chi connectivity index (χ2n) is 3.98. The third kappa shape index (κ3) is 4.57. The van der Waals surface area contributed by atoms with Gasteiger partial charge >= 0.3 is 5.97 Å². The number of esters is 1. The van der Waals surface area contributed by atoms with E-state index >= 15 is 0 Å². The van der Waals surface area contributed by atoms with Crippen LogP contribution in [0.25, 0.3) is 0 Å². The van der Waals surface area contributed by atoms with Crippen molar-refractivity contribution in [2.45, 2.75) is 11.0 Å². The van der Waals surface area contributed by atoms with Crippen LogP contribution in [-0.2, 0) is 19.5 Å². The minimum Gasteiger partial charge on any atom is -0.465 e. The Morgan fingerprint density at radius 2 is 2.10 bits per heavy atom. The lowest BCUT2D eigenvalue weighted by molar-refractivity contribution is 0.0600. The van der Waals surface area contributed by atoms with Gasteiger partial charge in [0.05, 0.1) is 30.3 Å². The molecule has 0 bridgehead atoms. The van der Waals surface area contributed by atoms with Crippen LogP contribution in [0.1, 0.15) is 10.4 Å². The summed E-state index contributed by atoms with van der Waals surface area (Å²) in [4.78, 5) is 11.3. The fourth-order valence-corrected chi connectivity index (χ4v) is 2.57. The number of nitrogens with one attached hydrogen (secondary N) is 1. The average molecular weight is 303 g/mol. The van der Waals surface area contributed by atoms with Crippen molar-refractivity contribution in [2.75, 3.05) is 27.4 Å². The molecule has 7 nitrogen and oxygen atoms in total. The Labute approximate surface area is 117 Å². The molecule has 0 aliphatic carbocycles. The Morgan fingerprint density at radius 1 is 1.40 bits per heavy atom. The van der Waals surface area contributed by atoms with Crippen LogP contribution in [0.4, 0.5) is 0 Å². The first-order chi connectivity index (χ1) is 9.40. The molecule has 0 fully saturated rings. The van der Waals surface area contributed by atoms with Crippen molar-refractivity contribution >= 4 is 16.0 Å². The summed E-state index contributed by atoms with van der Waals surface area (Å²) < 4.78 is 35.4. The number of carbonyl (C=O) groups excluding carboxylic acids is 1. The smallest absolute Gasteiger partial charge is 0.337 e. The van der Waals surface area contributed by atoms with Gasteiger partial charge in [-0.3, -0.25) is 0 Å². The molecule has 0 spiro atoms. The van der Waals surface area contributed by atoms with E-state index in [2.05, 4.69) is 9.46 Å². The van der Waals surface area contributed by atoms with Crippen molar-refractivity contribution in [3.63, 3.8) is 0 Å². The van der Waals surface area contributed by atoms with E-state index in [1.165, 1.54) is 38.5 Å². The zero-order chi connectivity index (χ0) is 15.2. The van der Waals surface area contributed by atoms with E-state index in [9.17, 15) is 18.3 Å². The van der Waals surface area contributed by atoms with Gasteiger partial charge in [0.25, 0.3) is 0 Å². The third-order valence-electron chi connectivity index (χ3n) is 2.43. The summed E-state index contributed by atoms with van der Waals surface area (Å²) in [6, 6.07) is 5.44. The number of benzene rings is 1. The van der Waals surface area contributed by atoms with Crippen LogP contribution in [0, 0.1) is 0 Å². The number of hydrogen-bond acceptors (Lipinski definition) is 6. The Kier molecular flexibility index (Phi) is 6.08. The third-order valence-corrected chi connectivity index (χ3v) is 3.85. The minimum absolute atomic E-state index is 0.0186. The highest BCUT2D eigenvalue weighted by Crippen LogP contribution is 2.12. The van der Waals surface area contributed by atoms with Gasteiger partial charge in [-0.05, 0) is 18.2 Å². The van der Waals surface area contributed by atoms with Crippen LogP contribution >= 0.6 is 0 Å². The van der Waals surface area contributed by atoms with Crippen LogP contribution in [0.2, 0.25) is 0 Å². The van der Waals surface area contributed by atoms with Crippen LogP contribution in [0.15, 0.2) is 29.2 Å². The molecule has 0 heterocycles. The number of aliphatic hydroxyl groups is 1. The normalized spacial score (nSPS) is 12.9. The fourth-order valence-electron chi connectivity index (χ4n) is 1.45. The second-order valence-corrected chi connectivity index (χ2v) is 5.75. The van der Waals surface area contributed by atoms with E-state index in [0.29, 0.717) is 0 Å². The number of ether oxygens (including phenoxy) is 2. The molecule has 0 aromatic heterocycles. The fraction of sp³-hybridized carbons (Fsp3) is 0.417. The highest BCUT2D eigenvalue weighted by atomic mass is 32.2. The predicted molar refractivity (Wildman–Crippen MR) is 70.9 cm³/mol. The van der Waals surface area contributed by atoms with E-state index < -0.39 is 22.1 Å². The topological polar surface area (TPSA) is 102 Å². The van der Waals surface area contributed by atoms with Gasteiger partial charge in [-0.2, -0.15) is 0 Å². The zero-order valence-corrected chi connectivity index (χ0v) is 12.0. The van der Waals surface area contributed by atoms with E-state index in [1.807, 2.05) is 0 Å². The largest absolute Gasteiger partial charge is 0.465 e. The monoisotopic (exact) mass is 303 g/mol. The first-order valence-corrected chi connectivity index (χ1v) is 7.24. The number of aliphatic hydroxyl groups excluding tert-OH is 1. The Morgan fingerprint density at radius 3 is 2.70 bits per heavy atom. The van der Waals surface area contributed by atoms with Crippen LogP contribution in [0.3, 0.4) is 0 Å². The van der Waals surface area contributed by atoms with Crippen LogP contribution in [0.5, 0.6) is 0 Å². The maximum absolute atomic E-state index is 12.0. The molecule has 0 aliphatic rings. The highest BCUT2D eigenvalue weighted by Gasteiger charge is 2.17. The summed E-state index contributed by atoms with van der Waals surface area (Å²) in [7, 11) is -1.20. The average Bonchev–Trinajstić information content (AvgIpc) is 2.45. The lowest BCUT2D eigenvalue weighted by atomic mass is 10.2. The molecule has 8 heteroatoms. The standard InChI is InChI=1S/C12H17NO6S/c1-18-8-10(14)7-13-20(16,17)11-5-3-4-9(6-11)12(15)19-2/h3-6,10,13-14H,7-8H2,1-2H3. The maximum Gasteiger partial charge on any atom is 0.337 e. The van der Waals surface area contributed by atoms with Crippen molar-refractivity contribution in [3.05, 3.63) is 29.8 Å². The summed E-state index contributed by atoms with van der Waals surface area (Å²) >= 11 is 0. The maximum atomic E-state index is 12.0. The molecule has 1 rings (SSSR count). The van der Waals surface area contributed by atoms with Crippen molar-refractivity contribution < 1.29 is 27.8 Å². The summed E-state index contributed by atoms with van der Waals surface area (Å²) in [5, 5.41) is 9.41. The van der Waals surface area contributed by atoms with Crippen LogP contribution in [-0.4, -0.2) is 53.0 Å². The van der Waals surface area contributed by atoms with Gasteiger partial charge in [-0.15, -0.1) is 0 Å². The van der Waals surface area contributed by atoms with Crippen LogP contribution < -0.4 is 4.72 Å². The molecule has 1 aromatic rings. The van der Waals surface area contributed by atoms with Gasteiger partial charge in [-0.1, -0.05) is 6.07 Å². The lowest BCUT2D eigenvalue weighted by Gasteiger charge is -2.11. The summed E-state index contributed by atoms with van der Waals surface area (Å²) in [5.41, 5.74) is 0.132. The van der Waals surface area contributed by atoms with E-state index in [1.54, 1.807) is 0 Å². The predicted octanol–water partition coefficient (Wildman–Crippen LogP) is -0.241. The highest BCUT2D eigenvalue weighted by molar-refractivity contribution is 7.89. The Bertz CT molecular complexity index is 557. The van der Waals surface area contributed by atoms with Crippen molar-refractivity contribution in [2.24, 2.45) is 0 Å². The van der Waals surface area contributed by atoms with E-state index in [4.69, 9.17) is 4.74 Å². The molecule has 0 radical (unpaired) electrons. The number of hydrogen-bond donors (Lipinski definition) is 2. The number of methoxy groups -OCH3 is 2. The lowest BCUT2D eigenvalue weighted by Crippen LogP contribution is -2.34. The molecule has 0 saturated carbocycles. The van der Waals surface area contributed by atoms with Crippen molar-refractivity contribution in [1.29, 1.82) is 0 Å². The van der Waals surface area contributed by atoms with E-state index in [0.717, 1.165) is 0 Å². The summed E-state index contributed by atoms with van der Waals surface area (Å²) in [5.74, 6) is -0.624. The van der Waals surface area contributed by atoms with Crippen molar-refractivity contribution in [3.8, 4) is 0 Å². The second kappa shape index (κ2) is 7.34. The van der Waals surface area contributed by atoms with Gasteiger partial charge in [0.2, 0.25) is 10.0 Å². The molecule has 1 atom stereocenters. The van der Waals surface area contributed by atoms with Crippen molar-refractivity contribution in [1.82, 2.24) is 4.72 Å². The quantitative estimate of drug-likeness (QED) is 0.674. The molecule has 0 saturated heterocycles. The number of carbonyl (C=O) groups is 1. The van der Waals surface area contributed by atoms with Gasteiger partial charge in [0.15, 0.2) is 0 Å². The minimum atomic E-state index is -3.81. The Hall–Kier alpha value is -1.48. The van der Waals surface area contributed by atoms with Gasteiger partial charge < -0.3 is 14.6 Å². The van der Waals surface area contributed by atoms with Gasteiger partial charge in [0.1, 0.15) is 0 Å². The molecule has 112 valence electrons. The molecular formula is C12H17NO6S. The molecular weight excluding hydrogens is 286 g/mol. The van der Waals surface area contributed by atoms with Gasteiger partial charge in [0, 0.05) is 13.7 Å². The van der Waals surface area contributed by atoms with Gasteiger partial charge in [-0.25, -0.2) is 17.9 Å². The molecule has 0 aliphatic heterocycles. The van der Waals surface area contributed by atoms with E-state index in [-0.39, 0.29) is 23.6 Å². The first-order valence-electron chi connectivity index (χ1n) is 5.75. The zero-order valence-electron chi connectivity index (χ0n) is 11.2. The molecule has 20 heavy (non-hydrogen) atoms. The number of rotatable bonds is 7.